The van der Waals surface area contributed by atoms with Crippen molar-refractivity contribution >= 4 is 17.3 Å². The quantitative estimate of drug-likeness (QED) is 0.839. The second-order valence-corrected chi connectivity index (χ2v) is 6.21. The van der Waals surface area contributed by atoms with E-state index in [2.05, 4.69) is 9.80 Å². The summed E-state index contributed by atoms with van der Waals surface area (Å²) in [7, 11) is 0. The van der Waals surface area contributed by atoms with E-state index in [-0.39, 0.29) is 0 Å². The second kappa shape index (κ2) is 7.40. The highest BCUT2D eigenvalue weighted by molar-refractivity contribution is 6.31. The van der Waals surface area contributed by atoms with E-state index < -0.39 is 0 Å². The Morgan fingerprint density at radius 1 is 1.05 bits per heavy atom. The van der Waals surface area contributed by atoms with Crippen LogP contribution in [-0.4, -0.2) is 57.4 Å². The van der Waals surface area contributed by atoms with Gasteiger partial charge in [-0.2, -0.15) is 0 Å². The predicted molar refractivity (Wildman–Crippen MR) is 89.4 cm³/mol. The Hall–Kier alpha value is -1.17. The summed E-state index contributed by atoms with van der Waals surface area (Å²) in [5.41, 5.74) is 6.62. The number of fused-ring (bicyclic) bond motifs is 1. The van der Waals surface area contributed by atoms with Crippen LogP contribution < -0.4 is 20.1 Å². The van der Waals surface area contributed by atoms with Crippen LogP contribution in [0.5, 0.6) is 11.5 Å². The van der Waals surface area contributed by atoms with Gasteiger partial charge in [-0.05, 0) is 32.0 Å². The fraction of sp³-hybridized carbons (Fsp3) is 0.625. The van der Waals surface area contributed by atoms with Crippen molar-refractivity contribution in [3.8, 4) is 11.5 Å². The number of unbranched alkanes of at least 4 members (excludes halogenated alkanes) is 1. The van der Waals surface area contributed by atoms with Gasteiger partial charge in [0.05, 0.1) is 5.69 Å². The van der Waals surface area contributed by atoms with Crippen LogP contribution in [0.15, 0.2) is 12.1 Å². The SMILES string of the molecule is NCCCCN1CCN(c2cc(Cl)cc3c2OCCO3)CC1. The minimum atomic E-state index is 0.585. The molecule has 2 N–H and O–H groups in total. The number of piperazine rings is 1. The Bertz CT molecular complexity index is 504. The number of nitrogens with two attached hydrogens (primary N) is 1. The third-order valence-corrected chi connectivity index (χ3v) is 4.45. The van der Waals surface area contributed by atoms with E-state index in [0.717, 1.165) is 62.9 Å². The highest BCUT2D eigenvalue weighted by Gasteiger charge is 2.24. The summed E-state index contributed by atoms with van der Waals surface area (Å²) >= 11 is 6.23. The Morgan fingerprint density at radius 2 is 1.82 bits per heavy atom. The normalized spacial score (nSPS) is 18.5. The first-order valence-corrected chi connectivity index (χ1v) is 8.42. The molecule has 1 fully saturated rings. The molecule has 2 aliphatic rings. The van der Waals surface area contributed by atoms with E-state index >= 15 is 0 Å². The van der Waals surface area contributed by atoms with Crippen molar-refractivity contribution in [2.45, 2.75) is 12.8 Å². The van der Waals surface area contributed by atoms with Gasteiger partial charge in [-0.25, -0.2) is 0 Å². The number of rotatable bonds is 5. The molecule has 2 aliphatic heterocycles. The lowest BCUT2D eigenvalue weighted by molar-refractivity contribution is 0.171. The molecule has 0 unspecified atom stereocenters. The van der Waals surface area contributed by atoms with Crippen LogP contribution in [0, 0.1) is 0 Å². The molecule has 0 spiro atoms. The monoisotopic (exact) mass is 325 g/mol. The van der Waals surface area contributed by atoms with Gasteiger partial charge < -0.3 is 20.1 Å². The molecule has 1 aromatic carbocycles. The van der Waals surface area contributed by atoms with E-state index in [0.29, 0.717) is 18.2 Å². The smallest absolute Gasteiger partial charge is 0.184 e. The Kier molecular flexibility index (Phi) is 5.28. The molecule has 0 atom stereocenters. The standard InChI is InChI=1S/C16H24ClN3O2/c17-13-11-14(16-15(12-13)21-9-10-22-16)20-7-5-19(6-8-20)4-2-1-3-18/h11-12H,1-10,18H2. The van der Waals surface area contributed by atoms with Crippen LogP contribution in [0.3, 0.4) is 0 Å². The first kappa shape index (κ1) is 15.7. The van der Waals surface area contributed by atoms with Crippen LogP contribution >= 0.6 is 11.6 Å². The lowest BCUT2D eigenvalue weighted by Gasteiger charge is -2.37. The lowest BCUT2D eigenvalue weighted by atomic mass is 10.2. The van der Waals surface area contributed by atoms with Gasteiger partial charge in [0, 0.05) is 37.3 Å². The van der Waals surface area contributed by atoms with Crippen LogP contribution in [0.2, 0.25) is 5.02 Å². The number of benzene rings is 1. The maximum absolute atomic E-state index is 6.23. The zero-order valence-electron chi connectivity index (χ0n) is 12.9. The van der Waals surface area contributed by atoms with E-state index in [1.54, 1.807) is 0 Å². The van der Waals surface area contributed by atoms with Crippen molar-refractivity contribution < 1.29 is 9.47 Å². The van der Waals surface area contributed by atoms with Crippen molar-refractivity contribution in [2.75, 3.05) is 57.4 Å². The van der Waals surface area contributed by atoms with Gasteiger partial charge in [-0.15, -0.1) is 0 Å². The third kappa shape index (κ3) is 3.59. The molecule has 0 radical (unpaired) electrons. The first-order valence-electron chi connectivity index (χ1n) is 8.04. The number of hydrogen-bond donors (Lipinski definition) is 1. The largest absolute Gasteiger partial charge is 0.486 e. The molecular weight excluding hydrogens is 302 g/mol. The van der Waals surface area contributed by atoms with Crippen molar-refractivity contribution in [3.05, 3.63) is 17.2 Å². The van der Waals surface area contributed by atoms with E-state index in [1.807, 2.05) is 12.1 Å². The van der Waals surface area contributed by atoms with Gasteiger partial charge in [0.1, 0.15) is 13.2 Å². The van der Waals surface area contributed by atoms with E-state index in [1.165, 1.54) is 6.42 Å². The third-order valence-electron chi connectivity index (χ3n) is 4.23. The molecule has 2 heterocycles. The zero-order chi connectivity index (χ0) is 15.4. The summed E-state index contributed by atoms with van der Waals surface area (Å²) in [5, 5.41) is 0.699. The van der Waals surface area contributed by atoms with Crippen LogP contribution in [0.4, 0.5) is 5.69 Å². The average molecular weight is 326 g/mol. The number of hydrogen-bond acceptors (Lipinski definition) is 5. The molecule has 122 valence electrons. The van der Waals surface area contributed by atoms with Gasteiger partial charge in [0.15, 0.2) is 11.5 Å². The zero-order valence-corrected chi connectivity index (χ0v) is 13.6. The van der Waals surface area contributed by atoms with Crippen molar-refractivity contribution in [2.24, 2.45) is 5.73 Å². The van der Waals surface area contributed by atoms with Crippen molar-refractivity contribution in [1.29, 1.82) is 0 Å². The number of ether oxygens (including phenoxy) is 2. The molecule has 0 amide bonds. The minimum absolute atomic E-state index is 0.585. The molecule has 22 heavy (non-hydrogen) atoms. The topological polar surface area (TPSA) is 51.0 Å². The Balaban J connectivity index is 1.65. The summed E-state index contributed by atoms with van der Waals surface area (Å²) in [4.78, 5) is 4.85. The molecule has 0 saturated carbocycles. The maximum atomic E-state index is 6.23. The highest BCUT2D eigenvalue weighted by Crippen LogP contribution is 2.42. The molecule has 0 aromatic heterocycles. The van der Waals surface area contributed by atoms with Crippen molar-refractivity contribution in [1.82, 2.24) is 4.90 Å². The van der Waals surface area contributed by atoms with Crippen LogP contribution in [-0.2, 0) is 0 Å². The van der Waals surface area contributed by atoms with Gasteiger partial charge in [-0.1, -0.05) is 11.6 Å². The maximum Gasteiger partial charge on any atom is 0.184 e. The highest BCUT2D eigenvalue weighted by atomic mass is 35.5. The Labute approximate surface area is 136 Å². The predicted octanol–water partition coefficient (Wildman–Crippen LogP) is 1.97. The average Bonchev–Trinajstić information content (AvgIpc) is 2.55. The molecule has 6 heteroatoms. The van der Waals surface area contributed by atoms with Gasteiger partial charge in [0.2, 0.25) is 0 Å². The minimum Gasteiger partial charge on any atom is -0.486 e. The van der Waals surface area contributed by atoms with Gasteiger partial charge >= 0.3 is 0 Å². The van der Waals surface area contributed by atoms with Crippen molar-refractivity contribution in [3.63, 3.8) is 0 Å². The molecule has 1 saturated heterocycles. The Morgan fingerprint density at radius 3 is 2.59 bits per heavy atom. The summed E-state index contributed by atoms with van der Waals surface area (Å²) in [6.45, 7) is 7.20. The summed E-state index contributed by atoms with van der Waals surface area (Å²) in [6.07, 6.45) is 2.28. The molecular formula is C16H24ClN3O2. The number of nitrogens with zero attached hydrogens (tertiary/aromatic N) is 2. The molecule has 0 aliphatic carbocycles. The van der Waals surface area contributed by atoms with Crippen LogP contribution in [0.1, 0.15) is 12.8 Å². The van der Waals surface area contributed by atoms with E-state index in [4.69, 9.17) is 26.8 Å². The number of anilines is 1. The second-order valence-electron chi connectivity index (χ2n) is 5.77. The fourth-order valence-electron chi connectivity index (χ4n) is 3.03. The first-order chi connectivity index (χ1) is 10.8. The number of halogens is 1. The summed E-state index contributed by atoms with van der Waals surface area (Å²) in [6, 6.07) is 3.82. The summed E-state index contributed by atoms with van der Waals surface area (Å²) < 4.78 is 11.5. The molecule has 3 rings (SSSR count). The van der Waals surface area contributed by atoms with Gasteiger partial charge in [0.25, 0.3) is 0 Å². The van der Waals surface area contributed by atoms with Crippen LogP contribution in [0.25, 0.3) is 0 Å². The molecule has 1 aromatic rings. The molecule has 5 nitrogen and oxygen atoms in total. The fourth-order valence-corrected chi connectivity index (χ4v) is 3.23. The molecule has 0 bridgehead atoms. The van der Waals surface area contributed by atoms with Gasteiger partial charge in [-0.3, -0.25) is 4.90 Å². The lowest BCUT2D eigenvalue weighted by Crippen LogP contribution is -2.46. The summed E-state index contributed by atoms with van der Waals surface area (Å²) in [5.74, 6) is 1.60. The van der Waals surface area contributed by atoms with E-state index in [9.17, 15) is 0 Å².